The number of nitrogen functional groups attached to an aromatic ring is 1. The van der Waals surface area contributed by atoms with E-state index in [0.717, 1.165) is 16.9 Å². The molecule has 0 radical (unpaired) electrons. The molecule has 0 aliphatic heterocycles. The first kappa shape index (κ1) is 45.3. The summed E-state index contributed by atoms with van der Waals surface area (Å²) >= 11 is 0. The maximum Gasteiger partial charge on any atom is 0.277 e. The lowest BCUT2D eigenvalue weighted by Gasteiger charge is -2.33. The highest BCUT2D eigenvalue weighted by molar-refractivity contribution is 5.98. The SMILES string of the molecule is CCn1c(CNC(=O)c2nc3cc[nH]c3nc2N)[n+](CC)c2ccc(C(=O)N(C)CCCN(C[C@H](O)[C@@H](O)[C@H](O)[C@H](O)CO)C[C@H](O)[C@@H](O)[C@H](O)[C@H](O)CO)cc21. The fourth-order valence-electron chi connectivity index (χ4n) is 6.70. The third-order valence-electron chi connectivity index (χ3n) is 9.95. The fraction of sp³-hybridized carbons (Fsp3) is 0.583. The van der Waals surface area contributed by atoms with Crippen LogP contribution in [0, 0.1) is 0 Å². The number of carbonyl (C=O) groups excluding carboxylic acids is 2. The van der Waals surface area contributed by atoms with Gasteiger partial charge in [0.05, 0.1) is 38.5 Å². The number of hydrogen-bond acceptors (Lipinski definition) is 16. The summed E-state index contributed by atoms with van der Waals surface area (Å²) in [6.45, 7) is 2.68. The van der Waals surface area contributed by atoms with Crippen LogP contribution in [0.15, 0.2) is 30.5 Å². The van der Waals surface area contributed by atoms with Gasteiger partial charge in [0.25, 0.3) is 17.6 Å². The summed E-state index contributed by atoms with van der Waals surface area (Å²) in [5.41, 5.74) is 8.95. The molecular weight excluding hydrogens is 750 g/mol. The Morgan fingerprint density at radius 2 is 1.47 bits per heavy atom. The van der Waals surface area contributed by atoms with E-state index >= 15 is 0 Å². The van der Waals surface area contributed by atoms with Crippen LogP contribution in [0.25, 0.3) is 22.2 Å². The quantitative estimate of drug-likeness (QED) is 0.0332. The number of rotatable bonds is 22. The lowest BCUT2D eigenvalue weighted by Crippen LogP contribution is -2.53. The van der Waals surface area contributed by atoms with Crippen LogP contribution in [0.5, 0.6) is 0 Å². The monoisotopic (exact) mass is 806 g/mol. The number of aliphatic hydroxyl groups excluding tert-OH is 10. The predicted molar refractivity (Wildman–Crippen MR) is 203 cm³/mol. The average molecular weight is 807 g/mol. The van der Waals surface area contributed by atoms with Crippen LogP contribution in [0.4, 0.5) is 5.82 Å². The molecule has 21 heteroatoms. The Morgan fingerprint density at radius 3 is 2.04 bits per heavy atom. The molecule has 8 atom stereocenters. The summed E-state index contributed by atoms with van der Waals surface area (Å²) in [5, 5.41) is 103. The van der Waals surface area contributed by atoms with Gasteiger partial charge in [-0.05, 0) is 38.5 Å². The second-order valence-electron chi connectivity index (χ2n) is 13.9. The van der Waals surface area contributed by atoms with Crippen molar-refractivity contribution in [3.05, 3.63) is 47.5 Å². The van der Waals surface area contributed by atoms with Crippen molar-refractivity contribution in [2.45, 2.75) is 88.7 Å². The summed E-state index contributed by atoms with van der Waals surface area (Å²) in [6.07, 6.45) is -12.7. The Labute approximate surface area is 327 Å². The van der Waals surface area contributed by atoms with Crippen LogP contribution in [0.1, 0.15) is 46.9 Å². The number of nitrogens with one attached hydrogen (secondary N) is 2. The zero-order valence-corrected chi connectivity index (χ0v) is 32.1. The molecule has 2 amide bonds. The molecule has 4 rings (SSSR count). The highest BCUT2D eigenvalue weighted by Gasteiger charge is 2.34. The highest BCUT2D eigenvalue weighted by Crippen LogP contribution is 2.20. The molecule has 316 valence electrons. The van der Waals surface area contributed by atoms with E-state index in [1.165, 1.54) is 9.80 Å². The van der Waals surface area contributed by atoms with Crippen molar-refractivity contribution in [1.29, 1.82) is 0 Å². The third-order valence-corrected chi connectivity index (χ3v) is 9.95. The maximum atomic E-state index is 13.7. The summed E-state index contributed by atoms with van der Waals surface area (Å²) in [4.78, 5) is 41.2. The van der Waals surface area contributed by atoms with E-state index in [4.69, 9.17) is 15.9 Å². The number of amides is 2. The van der Waals surface area contributed by atoms with Crippen LogP contribution >= 0.6 is 0 Å². The molecule has 3 aromatic heterocycles. The molecule has 4 aromatic rings. The highest BCUT2D eigenvalue weighted by atomic mass is 16.4. The molecule has 0 saturated carbocycles. The zero-order chi connectivity index (χ0) is 42.1. The number of imidazole rings is 1. The number of hydrogen-bond donors (Lipinski definition) is 13. The molecule has 0 spiro atoms. The number of fused-ring (bicyclic) bond motifs is 2. The van der Waals surface area contributed by atoms with Crippen molar-refractivity contribution < 1.29 is 65.2 Å². The zero-order valence-electron chi connectivity index (χ0n) is 32.1. The van der Waals surface area contributed by atoms with Gasteiger partial charge in [0.2, 0.25) is 0 Å². The van der Waals surface area contributed by atoms with Gasteiger partial charge in [-0.15, -0.1) is 0 Å². The van der Waals surface area contributed by atoms with Gasteiger partial charge in [0, 0.05) is 51.1 Å². The van der Waals surface area contributed by atoms with Crippen molar-refractivity contribution >= 4 is 39.8 Å². The summed E-state index contributed by atoms with van der Waals surface area (Å²) in [7, 11) is 1.58. The van der Waals surface area contributed by atoms with Gasteiger partial charge >= 0.3 is 0 Å². The van der Waals surface area contributed by atoms with Gasteiger partial charge in [-0.3, -0.25) is 14.5 Å². The van der Waals surface area contributed by atoms with Gasteiger partial charge in [-0.25, -0.2) is 19.1 Å². The van der Waals surface area contributed by atoms with Crippen LogP contribution in [-0.2, 0) is 19.6 Å². The smallest absolute Gasteiger partial charge is 0.277 e. The number of anilines is 1. The van der Waals surface area contributed by atoms with Crippen LogP contribution < -0.4 is 15.6 Å². The molecule has 14 N–H and O–H groups in total. The molecule has 3 heterocycles. The van der Waals surface area contributed by atoms with E-state index in [-0.39, 0.29) is 43.5 Å². The number of H-pyrrole nitrogens is 1. The minimum Gasteiger partial charge on any atom is -0.394 e. The first-order valence-electron chi connectivity index (χ1n) is 18.7. The Hall–Kier alpha value is -4.39. The third kappa shape index (κ3) is 10.6. The molecule has 1 aromatic carbocycles. The van der Waals surface area contributed by atoms with Gasteiger partial charge in [-0.1, -0.05) is 0 Å². The molecule has 0 fully saturated rings. The molecule has 0 aliphatic carbocycles. The number of aliphatic hydroxyl groups is 10. The largest absolute Gasteiger partial charge is 0.394 e. The standard InChI is InChI=1S/C36H55N9O12/c1-4-44-21-8-7-19(13-22(21)45(5-2)27(44)14-39-35(56)28-33(37)41-34-20(40-28)9-10-38-34)36(57)42(3)11-6-12-43(15-23(48)29(52)31(54)25(50)17-46)16-24(49)30(53)32(55)26(51)18-47/h7-10,13,23-26,29-32,46-55H,4-6,11-12,14-18H2,1-3H3,(H3-,37,38,39,40,41,56)/p+1/t23-,24-,25+,26+,29+,30+,31+,32+/m0/s1. The molecule has 21 nitrogen and oxygen atoms in total. The topological polar surface area (TPSA) is 331 Å². The molecule has 0 unspecified atom stereocenters. The Morgan fingerprint density at radius 1 is 0.877 bits per heavy atom. The van der Waals surface area contributed by atoms with Crippen LogP contribution in [-0.4, -0.2) is 187 Å². The number of carbonyl (C=O) groups is 2. The van der Waals surface area contributed by atoms with Crippen LogP contribution in [0.2, 0.25) is 0 Å². The Balaban J connectivity index is 1.47. The van der Waals surface area contributed by atoms with E-state index in [1.54, 1.807) is 31.4 Å². The Bertz CT molecular complexity index is 1910. The second-order valence-corrected chi connectivity index (χ2v) is 13.9. The van der Waals surface area contributed by atoms with E-state index in [2.05, 4.69) is 20.3 Å². The van der Waals surface area contributed by atoms with Crippen molar-refractivity contribution in [1.82, 2.24) is 34.6 Å². The molecule has 0 saturated heterocycles. The van der Waals surface area contributed by atoms with Gasteiger partial charge in [0.15, 0.2) is 28.2 Å². The second kappa shape index (κ2) is 20.3. The van der Waals surface area contributed by atoms with Crippen LogP contribution in [0.3, 0.4) is 0 Å². The lowest BCUT2D eigenvalue weighted by atomic mass is 10.0. The van der Waals surface area contributed by atoms with Crippen molar-refractivity contribution in [2.75, 3.05) is 52.2 Å². The number of aromatic nitrogens is 5. The molecular formula is C36H56N9O12+. The van der Waals surface area contributed by atoms with Crippen molar-refractivity contribution in [2.24, 2.45) is 0 Å². The number of nitrogens with two attached hydrogens (primary N) is 1. The van der Waals surface area contributed by atoms with Crippen molar-refractivity contribution in [3.63, 3.8) is 0 Å². The number of aromatic amines is 1. The predicted octanol–water partition coefficient (Wildman–Crippen LogP) is -4.61. The average Bonchev–Trinajstić information content (AvgIpc) is 3.80. The first-order valence-corrected chi connectivity index (χ1v) is 18.7. The Kier molecular flexibility index (Phi) is 16.2. The summed E-state index contributed by atoms with van der Waals surface area (Å²) in [5.74, 6) is -0.0684. The summed E-state index contributed by atoms with van der Waals surface area (Å²) < 4.78 is 4.02. The lowest BCUT2D eigenvalue weighted by molar-refractivity contribution is -0.676. The van der Waals surface area contributed by atoms with E-state index in [1.807, 2.05) is 29.0 Å². The number of benzene rings is 1. The normalized spacial score (nSPS) is 16.3. The van der Waals surface area contributed by atoms with Gasteiger partial charge < -0.3 is 72.0 Å². The van der Waals surface area contributed by atoms with E-state index < -0.39 is 81.0 Å². The molecule has 0 aliphatic rings. The molecule has 0 bridgehead atoms. The van der Waals surface area contributed by atoms with Gasteiger partial charge in [0.1, 0.15) is 48.7 Å². The minimum atomic E-state index is -1.92. The fourth-order valence-corrected chi connectivity index (χ4v) is 6.70. The van der Waals surface area contributed by atoms with E-state index in [0.29, 0.717) is 29.8 Å². The van der Waals surface area contributed by atoms with Crippen molar-refractivity contribution in [3.8, 4) is 0 Å². The first-order chi connectivity index (χ1) is 27.1. The maximum absolute atomic E-state index is 13.7. The van der Waals surface area contributed by atoms with Gasteiger partial charge in [-0.2, -0.15) is 0 Å². The molecule has 57 heavy (non-hydrogen) atoms. The minimum absolute atomic E-state index is 0.000687. The van der Waals surface area contributed by atoms with E-state index in [9.17, 15) is 50.4 Å². The summed E-state index contributed by atoms with van der Waals surface area (Å²) in [6, 6.07) is 6.97. The number of aryl methyl sites for hydroxylation is 2. The number of nitrogens with zero attached hydrogens (tertiary/aromatic N) is 6.